The number of hydrogen-bond donors (Lipinski definition) is 0. The Kier molecular flexibility index (Phi) is 6.97. The quantitative estimate of drug-likeness (QED) is 0.660. The number of aryl methyl sites for hydroxylation is 2. The molecule has 1 aliphatic rings. The van der Waals surface area contributed by atoms with E-state index in [1.165, 1.54) is 0 Å². The molecule has 1 aromatic carbocycles. The van der Waals surface area contributed by atoms with Gasteiger partial charge in [0.25, 0.3) is 0 Å². The summed E-state index contributed by atoms with van der Waals surface area (Å²) in [7, 11) is 0. The highest BCUT2D eigenvalue weighted by Crippen LogP contribution is 2.27. The molecule has 6 nitrogen and oxygen atoms in total. The Morgan fingerprint density at radius 2 is 1.86 bits per heavy atom. The molecule has 28 heavy (non-hydrogen) atoms. The van der Waals surface area contributed by atoms with Crippen molar-refractivity contribution in [2.75, 3.05) is 37.7 Å². The van der Waals surface area contributed by atoms with Crippen LogP contribution in [0.25, 0.3) is 0 Å². The smallest absolute Gasteiger partial charge is 0.222 e. The first kappa shape index (κ1) is 20.7. The number of anilines is 1. The van der Waals surface area contributed by atoms with Crippen LogP contribution in [0.15, 0.2) is 24.3 Å². The van der Waals surface area contributed by atoms with Crippen molar-refractivity contribution in [3.63, 3.8) is 0 Å². The highest BCUT2D eigenvalue weighted by molar-refractivity contribution is 6.35. The van der Waals surface area contributed by atoms with Gasteiger partial charge in [0.15, 0.2) is 0 Å². The van der Waals surface area contributed by atoms with E-state index in [4.69, 9.17) is 27.9 Å². The van der Waals surface area contributed by atoms with Crippen molar-refractivity contribution in [2.24, 2.45) is 0 Å². The van der Waals surface area contributed by atoms with E-state index >= 15 is 0 Å². The van der Waals surface area contributed by atoms with E-state index in [1.807, 2.05) is 24.8 Å². The summed E-state index contributed by atoms with van der Waals surface area (Å²) in [5, 5.41) is 1.05. The van der Waals surface area contributed by atoms with Crippen LogP contribution in [0.2, 0.25) is 10.0 Å². The first-order chi connectivity index (χ1) is 13.4. The third-order valence-electron chi connectivity index (χ3n) is 4.60. The van der Waals surface area contributed by atoms with E-state index in [-0.39, 0.29) is 5.91 Å². The lowest BCUT2D eigenvalue weighted by molar-refractivity contribution is -0.131. The summed E-state index contributed by atoms with van der Waals surface area (Å²) in [6.07, 6.45) is 1.10. The van der Waals surface area contributed by atoms with Crippen LogP contribution < -0.4 is 9.64 Å². The Balaban J connectivity index is 1.41. The number of amides is 1. The summed E-state index contributed by atoms with van der Waals surface area (Å²) in [6.45, 7) is 7.26. The maximum absolute atomic E-state index is 12.5. The Morgan fingerprint density at radius 1 is 1.11 bits per heavy atom. The van der Waals surface area contributed by atoms with E-state index in [2.05, 4.69) is 14.9 Å². The number of carbonyl (C=O) groups is 1. The van der Waals surface area contributed by atoms with Gasteiger partial charge in [-0.15, -0.1) is 0 Å². The van der Waals surface area contributed by atoms with E-state index in [9.17, 15) is 4.79 Å². The van der Waals surface area contributed by atoms with Gasteiger partial charge in [-0.25, -0.2) is 9.97 Å². The predicted octanol–water partition coefficient (Wildman–Crippen LogP) is 3.91. The summed E-state index contributed by atoms with van der Waals surface area (Å²) in [4.78, 5) is 25.4. The fraction of sp³-hybridized carbons (Fsp3) is 0.450. The van der Waals surface area contributed by atoms with Crippen molar-refractivity contribution in [3.8, 4) is 5.75 Å². The van der Waals surface area contributed by atoms with Gasteiger partial charge in [-0.05, 0) is 38.5 Å². The number of piperazine rings is 1. The molecule has 1 saturated heterocycles. The average Bonchev–Trinajstić information content (AvgIpc) is 2.66. The molecule has 1 aliphatic heterocycles. The Labute approximate surface area is 175 Å². The molecular weight excluding hydrogens is 399 g/mol. The maximum Gasteiger partial charge on any atom is 0.222 e. The molecule has 0 atom stereocenters. The average molecular weight is 423 g/mol. The third-order valence-corrected chi connectivity index (χ3v) is 5.13. The standard InChI is InChI=1S/C20H24Cl2N4O2/c1-14-12-19(24-15(2)23-14)25-7-9-26(10-8-25)20(27)4-3-11-28-18-6-5-16(21)13-17(18)22/h5-6,12-13H,3-4,7-11H2,1-2H3. The number of ether oxygens (including phenoxy) is 1. The van der Waals surface area contributed by atoms with E-state index in [1.54, 1.807) is 18.2 Å². The first-order valence-electron chi connectivity index (χ1n) is 9.35. The molecule has 2 heterocycles. The number of hydrogen-bond acceptors (Lipinski definition) is 5. The van der Waals surface area contributed by atoms with Crippen molar-refractivity contribution in [1.82, 2.24) is 14.9 Å². The number of halogens is 2. The van der Waals surface area contributed by atoms with E-state index < -0.39 is 0 Å². The lowest BCUT2D eigenvalue weighted by Gasteiger charge is -2.35. The monoisotopic (exact) mass is 422 g/mol. The second-order valence-corrected chi connectivity index (χ2v) is 7.65. The lowest BCUT2D eigenvalue weighted by atomic mass is 10.2. The maximum atomic E-state index is 12.5. The van der Waals surface area contributed by atoms with Crippen LogP contribution in [0, 0.1) is 13.8 Å². The van der Waals surface area contributed by atoms with Crippen LogP contribution in [-0.2, 0) is 4.79 Å². The predicted molar refractivity (Wildman–Crippen MR) is 111 cm³/mol. The summed E-state index contributed by atoms with van der Waals surface area (Å²) in [5.74, 6) is 2.45. The zero-order chi connectivity index (χ0) is 20.1. The van der Waals surface area contributed by atoms with Gasteiger partial charge in [0.2, 0.25) is 5.91 Å². The normalized spacial score (nSPS) is 14.3. The third kappa shape index (κ3) is 5.49. The number of nitrogens with zero attached hydrogens (tertiary/aromatic N) is 4. The molecule has 0 radical (unpaired) electrons. The molecule has 0 unspecified atom stereocenters. The molecule has 8 heteroatoms. The van der Waals surface area contributed by atoms with Crippen molar-refractivity contribution in [3.05, 3.63) is 45.8 Å². The van der Waals surface area contributed by atoms with Crippen molar-refractivity contribution >= 4 is 34.9 Å². The number of rotatable bonds is 6. The van der Waals surface area contributed by atoms with E-state index in [0.29, 0.717) is 48.3 Å². The zero-order valence-electron chi connectivity index (χ0n) is 16.1. The second-order valence-electron chi connectivity index (χ2n) is 6.81. The summed E-state index contributed by atoms with van der Waals surface area (Å²) in [5.41, 5.74) is 0.960. The number of aromatic nitrogens is 2. The molecule has 3 rings (SSSR count). The Hall–Kier alpha value is -2.05. The minimum absolute atomic E-state index is 0.153. The molecule has 0 bridgehead atoms. The molecule has 0 aliphatic carbocycles. The van der Waals surface area contributed by atoms with Gasteiger partial charge in [-0.3, -0.25) is 4.79 Å². The SMILES string of the molecule is Cc1cc(N2CCN(C(=O)CCCOc3ccc(Cl)cc3Cl)CC2)nc(C)n1. The van der Waals surface area contributed by atoms with Crippen molar-refractivity contribution < 1.29 is 9.53 Å². The second kappa shape index (κ2) is 9.43. The van der Waals surface area contributed by atoms with Crippen molar-refractivity contribution in [2.45, 2.75) is 26.7 Å². The lowest BCUT2D eigenvalue weighted by Crippen LogP contribution is -2.49. The first-order valence-corrected chi connectivity index (χ1v) is 10.1. The highest BCUT2D eigenvalue weighted by atomic mass is 35.5. The highest BCUT2D eigenvalue weighted by Gasteiger charge is 2.22. The minimum Gasteiger partial charge on any atom is -0.492 e. The summed E-state index contributed by atoms with van der Waals surface area (Å²) in [6, 6.07) is 7.10. The summed E-state index contributed by atoms with van der Waals surface area (Å²) >= 11 is 11.9. The van der Waals surface area contributed by atoms with Gasteiger partial charge in [0.05, 0.1) is 11.6 Å². The number of carbonyl (C=O) groups excluding carboxylic acids is 1. The van der Waals surface area contributed by atoms with Gasteiger partial charge in [0.1, 0.15) is 17.4 Å². The van der Waals surface area contributed by atoms with Gasteiger partial charge in [0, 0.05) is 49.4 Å². The minimum atomic E-state index is 0.153. The van der Waals surface area contributed by atoms with Crippen LogP contribution in [0.1, 0.15) is 24.4 Å². The summed E-state index contributed by atoms with van der Waals surface area (Å²) < 4.78 is 5.64. The number of benzene rings is 1. The molecular formula is C20H24Cl2N4O2. The van der Waals surface area contributed by atoms with Gasteiger partial charge >= 0.3 is 0 Å². The van der Waals surface area contributed by atoms with Crippen LogP contribution in [0.5, 0.6) is 5.75 Å². The van der Waals surface area contributed by atoms with Crippen LogP contribution in [-0.4, -0.2) is 53.6 Å². The van der Waals surface area contributed by atoms with Gasteiger partial charge < -0.3 is 14.5 Å². The Bertz CT molecular complexity index is 819. The molecule has 1 aromatic heterocycles. The molecule has 0 spiro atoms. The zero-order valence-corrected chi connectivity index (χ0v) is 17.6. The van der Waals surface area contributed by atoms with Crippen LogP contribution >= 0.6 is 23.2 Å². The largest absolute Gasteiger partial charge is 0.492 e. The van der Waals surface area contributed by atoms with Crippen LogP contribution in [0.3, 0.4) is 0 Å². The molecule has 0 saturated carbocycles. The fourth-order valence-corrected chi connectivity index (χ4v) is 3.66. The fourth-order valence-electron chi connectivity index (χ4n) is 3.20. The topological polar surface area (TPSA) is 58.6 Å². The Morgan fingerprint density at radius 3 is 2.54 bits per heavy atom. The van der Waals surface area contributed by atoms with Gasteiger partial charge in [-0.2, -0.15) is 0 Å². The van der Waals surface area contributed by atoms with Crippen LogP contribution in [0.4, 0.5) is 5.82 Å². The van der Waals surface area contributed by atoms with Gasteiger partial charge in [-0.1, -0.05) is 23.2 Å². The van der Waals surface area contributed by atoms with Crippen molar-refractivity contribution in [1.29, 1.82) is 0 Å². The molecule has 2 aromatic rings. The molecule has 0 N–H and O–H groups in total. The molecule has 1 fully saturated rings. The van der Waals surface area contributed by atoms with E-state index in [0.717, 1.165) is 30.4 Å². The molecule has 1 amide bonds. The molecule has 150 valence electrons.